The quantitative estimate of drug-likeness (QED) is 0.0400. The van der Waals surface area contributed by atoms with Gasteiger partial charge in [-0.15, -0.1) is 0 Å². The highest BCUT2D eigenvalue weighted by atomic mass is 16.6. The van der Waals surface area contributed by atoms with E-state index in [-0.39, 0.29) is 36.2 Å². The molecular weight excluding hydrogens is 1030 g/mol. The van der Waals surface area contributed by atoms with Crippen LogP contribution in [0.5, 0.6) is 0 Å². The normalized spacial score (nSPS) is 27.8. The Kier molecular flexibility index (Phi) is 22.3. The largest absolute Gasteiger partial charge is 0.455 e. The third kappa shape index (κ3) is 15.1. The molecule has 2 bridgehead atoms. The summed E-state index contributed by atoms with van der Waals surface area (Å²) in [7, 11) is 2.80. The van der Waals surface area contributed by atoms with Crippen molar-refractivity contribution in [3.63, 3.8) is 0 Å². The molecule has 18 heteroatoms. The molecule has 1 saturated heterocycles. The lowest BCUT2D eigenvalue weighted by molar-refractivity contribution is -0.345. The molecule has 1 aliphatic heterocycles. The predicted octanol–water partition coefficient (Wildman–Crippen LogP) is 9.70. The number of carbonyl (C=O) groups is 7. The highest BCUT2D eigenvalue weighted by Crippen LogP contribution is 2.64. The minimum absolute atomic E-state index is 0.0372. The molecule has 1 aromatic rings. The number of unbranched alkanes of at least 4 members (excludes halogenated alkanes) is 5. The van der Waals surface area contributed by atoms with E-state index in [9.17, 15) is 34.2 Å². The summed E-state index contributed by atoms with van der Waals surface area (Å²) >= 11 is 0. The van der Waals surface area contributed by atoms with Gasteiger partial charge in [0.2, 0.25) is 6.10 Å². The molecule has 3 fully saturated rings. The first-order chi connectivity index (χ1) is 37.5. The van der Waals surface area contributed by atoms with E-state index in [4.69, 9.17) is 33.2 Å². The van der Waals surface area contributed by atoms with Gasteiger partial charge in [0.25, 0.3) is 0 Å². The fraction of sp³-hybridized carbons (Fsp3) is 0.629. The molecule has 2 amide bonds. The molecule has 3 N–H and O–H groups in total. The number of carbonyl (C=O) groups excluding carboxylic acids is 7. The average Bonchev–Trinajstić information content (AvgIpc) is 1.85. The van der Waals surface area contributed by atoms with Crippen LogP contribution in [0.1, 0.15) is 164 Å². The zero-order valence-electron chi connectivity index (χ0n) is 49.3. The third-order valence-electron chi connectivity index (χ3n) is 15.8. The number of fused-ring (bicyclic) bond motifs is 5. The number of esters is 4. The summed E-state index contributed by atoms with van der Waals surface area (Å²) in [6.45, 7) is 17.4. The standard InChI is InChI=1S/C62H88N2O16/c1-14-15-16-17-18-19-20-21-22-23-24-25-26-27-31-34-47(67)76-49(43(35-39(2)3)63-56(71)80-58(6,7)8)55(70)75-44-37-62(73)53(78-54(69)42-32-29-28-30-33-42)51-60(11,45(66)36-46-61(51,38-74-46)79-41(5)65)52(68)50(77-57(72)64(12)13)48(40(44)4)59(62,9)10/h16-17,19-20,22-23,28-30,32-33,35,43-46,49-51,53,66,73H,14-15,18,21,24-27,31,34,36-38H2,1-13H3,(H,63,71)/b17-16-,20-19-,23-22-/t43-,44-,45-,46+,49+,50+,51?,53-,60+,61-,62+/m0/s1. The second-order valence-corrected chi connectivity index (χ2v) is 23.8. The van der Waals surface area contributed by atoms with Gasteiger partial charge in [0.05, 0.1) is 35.6 Å². The Morgan fingerprint density at radius 3 is 2.08 bits per heavy atom. The van der Waals surface area contributed by atoms with Crippen molar-refractivity contribution in [2.45, 2.75) is 213 Å². The molecule has 11 atom stereocenters. The first kappa shape index (κ1) is 64.7. The Labute approximate surface area is 472 Å². The van der Waals surface area contributed by atoms with Crippen LogP contribution in [-0.4, -0.2) is 137 Å². The summed E-state index contributed by atoms with van der Waals surface area (Å²) in [5.74, 6) is -6.18. The first-order valence-corrected chi connectivity index (χ1v) is 28.2. The van der Waals surface area contributed by atoms with Crippen LogP contribution in [0.4, 0.5) is 9.59 Å². The van der Waals surface area contributed by atoms with Gasteiger partial charge in [-0.2, -0.15) is 0 Å². The molecular formula is C62H88N2O16. The Morgan fingerprint density at radius 2 is 1.50 bits per heavy atom. The number of amides is 2. The van der Waals surface area contributed by atoms with Crippen LogP contribution in [0.15, 0.2) is 89.6 Å². The van der Waals surface area contributed by atoms with Gasteiger partial charge in [0, 0.05) is 45.7 Å². The fourth-order valence-corrected chi connectivity index (χ4v) is 11.6. The lowest BCUT2D eigenvalue weighted by Crippen LogP contribution is -2.82. The van der Waals surface area contributed by atoms with E-state index in [2.05, 4.69) is 48.7 Å². The van der Waals surface area contributed by atoms with Crippen molar-refractivity contribution in [2.24, 2.45) is 16.7 Å². The monoisotopic (exact) mass is 1120 g/mol. The zero-order valence-corrected chi connectivity index (χ0v) is 49.3. The molecule has 0 radical (unpaired) electrons. The Hall–Kier alpha value is -6.11. The highest BCUT2D eigenvalue weighted by molar-refractivity contribution is 5.96. The minimum Gasteiger partial charge on any atom is -0.455 e. The molecule has 1 aromatic carbocycles. The van der Waals surface area contributed by atoms with Crippen molar-refractivity contribution in [3.05, 3.63) is 95.1 Å². The zero-order chi connectivity index (χ0) is 59.4. The van der Waals surface area contributed by atoms with Crippen molar-refractivity contribution in [2.75, 3.05) is 20.7 Å². The lowest BCUT2D eigenvalue weighted by atomic mass is 9.44. The lowest BCUT2D eigenvalue weighted by Gasteiger charge is -2.67. The predicted molar refractivity (Wildman–Crippen MR) is 299 cm³/mol. The van der Waals surface area contributed by atoms with E-state index < -0.39 is 124 Å². The van der Waals surface area contributed by atoms with Crippen LogP contribution in [0, 0.1) is 16.7 Å². The van der Waals surface area contributed by atoms with Crippen molar-refractivity contribution in [3.8, 4) is 0 Å². The van der Waals surface area contributed by atoms with Crippen LogP contribution in [0.2, 0.25) is 0 Å². The molecule has 0 spiro atoms. The van der Waals surface area contributed by atoms with Gasteiger partial charge in [-0.1, -0.05) is 106 Å². The van der Waals surface area contributed by atoms with E-state index in [0.717, 1.165) is 56.8 Å². The molecule has 3 aliphatic carbocycles. The number of hydrogen-bond donors (Lipinski definition) is 3. The molecule has 0 aromatic heterocycles. The second-order valence-electron chi connectivity index (χ2n) is 23.8. The maximum Gasteiger partial charge on any atom is 0.410 e. The number of rotatable bonds is 23. The summed E-state index contributed by atoms with van der Waals surface area (Å²) < 4.78 is 42.8. The number of aliphatic hydroxyl groups is 2. The van der Waals surface area contributed by atoms with Gasteiger partial charge in [0.1, 0.15) is 29.5 Å². The van der Waals surface area contributed by atoms with Crippen LogP contribution < -0.4 is 5.32 Å². The number of ketones is 1. The van der Waals surface area contributed by atoms with Crippen molar-refractivity contribution in [1.29, 1.82) is 0 Å². The molecule has 80 heavy (non-hydrogen) atoms. The first-order valence-electron chi connectivity index (χ1n) is 28.2. The summed E-state index contributed by atoms with van der Waals surface area (Å²) in [6, 6.07) is 6.49. The van der Waals surface area contributed by atoms with E-state index >= 15 is 9.59 Å². The summed E-state index contributed by atoms with van der Waals surface area (Å²) in [5.41, 5.74) is -8.34. The van der Waals surface area contributed by atoms with Gasteiger partial charge in [-0.05, 0) is 110 Å². The van der Waals surface area contributed by atoms with Gasteiger partial charge < -0.3 is 53.6 Å². The number of nitrogens with one attached hydrogen (secondary N) is 1. The smallest absolute Gasteiger partial charge is 0.410 e. The van der Waals surface area contributed by atoms with Gasteiger partial charge in [0.15, 0.2) is 17.5 Å². The maximum atomic E-state index is 15.9. The van der Waals surface area contributed by atoms with Crippen molar-refractivity contribution < 1.29 is 76.9 Å². The fourth-order valence-electron chi connectivity index (χ4n) is 11.6. The van der Waals surface area contributed by atoms with Crippen LogP contribution in [-0.2, 0) is 52.3 Å². The SMILES string of the molecule is CCC/C=C\C/C=C\C/C=C\CCCCCCC(=O)O[C@@H](C(=O)O[C@H]1C[C@@]2(O)[C@@H](OC(=O)c3ccccc3)C3[C@](C)(C(=O)[C@H](OC(=O)N(C)C)C(=C1C)C2(C)C)[C@@H](O)C[C@H]1OC[C@@]31OC(C)=O)[C@H](C=C(C)C)NC(=O)OC(C)(C)C. The molecule has 4 aliphatic rings. The van der Waals surface area contributed by atoms with Crippen LogP contribution in [0.25, 0.3) is 0 Å². The van der Waals surface area contributed by atoms with E-state index in [1.807, 2.05) is 0 Å². The molecule has 2 saturated carbocycles. The van der Waals surface area contributed by atoms with Crippen molar-refractivity contribution >= 4 is 41.8 Å². The molecule has 442 valence electrons. The average molecular weight is 1120 g/mol. The van der Waals surface area contributed by atoms with Gasteiger partial charge in [-0.3, -0.25) is 14.4 Å². The van der Waals surface area contributed by atoms with Crippen LogP contribution >= 0.6 is 0 Å². The number of ether oxygens (including phenoxy) is 7. The molecule has 5 rings (SSSR count). The number of benzene rings is 1. The van der Waals surface area contributed by atoms with Gasteiger partial charge >= 0.3 is 36.1 Å². The number of allylic oxidation sites excluding steroid dienone is 7. The number of hydrogen-bond acceptors (Lipinski definition) is 16. The van der Waals surface area contributed by atoms with E-state index in [1.54, 1.807) is 66.7 Å². The third-order valence-corrected chi connectivity index (χ3v) is 15.8. The number of aliphatic hydroxyl groups excluding tert-OH is 1. The number of Topliss-reactive ketones (excluding diaryl/α,β-unsaturated/α-hetero) is 1. The van der Waals surface area contributed by atoms with Crippen molar-refractivity contribution in [1.82, 2.24) is 10.2 Å². The Balaban J connectivity index is 1.57. The molecule has 1 heterocycles. The minimum atomic E-state index is -2.46. The van der Waals surface area contributed by atoms with E-state index in [0.29, 0.717) is 18.4 Å². The van der Waals surface area contributed by atoms with E-state index in [1.165, 1.54) is 46.2 Å². The summed E-state index contributed by atoms with van der Waals surface area (Å²) in [4.78, 5) is 101. The summed E-state index contributed by atoms with van der Waals surface area (Å²) in [6.07, 6.45) is 9.44. The maximum absolute atomic E-state index is 15.9. The second kappa shape index (κ2) is 27.6. The number of nitrogens with zero attached hydrogens (tertiary/aromatic N) is 1. The number of alkyl carbamates (subject to hydrolysis) is 1. The Bertz CT molecular complexity index is 2540. The Morgan fingerprint density at radius 1 is 0.875 bits per heavy atom. The molecule has 18 nitrogen and oxygen atoms in total. The van der Waals surface area contributed by atoms with Gasteiger partial charge in [-0.25, -0.2) is 19.2 Å². The topological polar surface area (TPSA) is 240 Å². The highest BCUT2D eigenvalue weighted by Gasteiger charge is 2.78. The molecule has 1 unspecified atom stereocenters. The summed E-state index contributed by atoms with van der Waals surface area (Å²) in [5, 5.41) is 29.0. The van der Waals surface area contributed by atoms with Crippen LogP contribution in [0.3, 0.4) is 0 Å².